The molecule has 102 valence electrons. The van der Waals surface area contributed by atoms with Crippen molar-refractivity contribution in [2.45, 2.75) is 39.2 Å². The lowest BCUT2D eigenvalue weighted by atomic mass is 10.0. The van der Waals surface area contributed by atoms with Crippen LogP contribution in [0.4, 0.5) is 0 Å². The van der Waals surface area contributed by atoms with Gasteiger partial charge in [0, 0.05) is 6.04 Å². The van der Waals surface area contributed by atoms with E-state index in [4.69, 9.17) is 15.2 Å². The molecule has 0 spiro atoms. The van der Waals surface area contributed by atoms with E-state index >= 15 is 0 Å². The van der Waals surface area contributed by atoms with Gasteiger partial charge in [0.2, 0.25) is 0 Å². The number of methoxy groups -OCH3 is 1. The van der Waals surface area contributed by atoms with Gasteiger partial charge in [-0.25, -0.2) is 0 Å². The number of nitrogens with two attached hydrogens (primary N) is 1. The fourth-order valence-electron chi connectivity index (χ4n) is 1.99. The van der Waals surface area contributed by atoms with E-state index in [0.29, 0.717) is 12.5 Å². The number of rotatable bonds is 8. The van der Waals surface area contributed by atoms with Gasteiger partial charge in [0.1, 0.15) is 0 Å². The maximum absolute atomic E-state index is 6.03. The van der Waals surface area contributed by atoms with Crippen LogP contribution in [-0.2, 0) is 0 Å². The maximum atomic E-state index is 6.03. The summed E-state index contributed by atoms with van der Waals surface area (Å²) in [5, 5.41) is 0. The Morgan fingerprint density at radius 2 is 1.83 bits per heavy atom. The first-order valence-corrected chi connectivity index (χ1v) is 6.65. The van der Waals surface area contributed by atoms with E-state index in [2.05, 4.69) is 13.8 Å². The second-order valence-corrected chi connectivity index (χ2v) is 5.03. The quantitative estimate of drug-likeness (QED) is 0.721. The van der Waals surface area contributed by atoms with Crippen molar-refractivity contribution in [2.24, 2.45) is 11.7 Å². The summed E-state index contributed by atoms with van der Waals surface area (Å²) in [4.78, 5) is 0. The molecule has 0 fully saturated rings. The van der Waals surface area contributed by atoms with Crippen LogP contribution in [0.3, 0.4) is 0 Å². The largest absolute Gasteiger partial charge is 0.493 e. The highest BCUT2D eigenvalue weighted by molar-refractivity contribution is 5.39. The SMILES string of the molecule is COc1ccccc1OCCCC(N)CC(C)C. The van der Waals surface area contributed by atoms with E-state index in [1.54, 1.807) is 7.11 Å². The number of para-hydroxylation sites is 2. The summed E-state index contributed by atoms with van der Waals surface area (Å²) in [6.45, 7) is 5.09. The Morgan fingerprint density at radius 3 is 2.44 bits per heavy atom. The molecule has 0 aromatic heterocycles. The molecule has 0 aliphatic heterocycles. The zero-order valence-corrected chi connectivity index (χ0v) is 11.7. The summed E-state index contributed by atoms with van der Waals surface area (Å²) >= 11 is 0. The van der Waals surface area contributed by atoms with E-state index in [9.17, 15) is 0 Å². The molecule has 1 unspecified atom stereocenters. The van der Waals surface area contributed by atoms with Crippen LogP contribution >= 0.6 is 0 Å². The summed E-state index contributed by atoms with van der Waals surface area (Å²) in [5.41, 5.74) is 6.03. The Morgan fingerprint density at radius 1 is 1.17 bits per heavy atom. The average molecular weight is 251 g/mol. The number of hydrogen-bond acceptors (Lipinski definition) is 3. The van der Waals surface area contributed by atoms with Crippen LogP contribution < -0.4 is 15.2 Å². The molecule has 0 aliphatic carbocycles. The van der Waals surface area contributed by atoms with Crippen molar-refractivity contribution in [1.29, 1.82) is 0 Å². The Hall–Kier alpha value is -1.22. The van der Waals surface area contributed by atoms with E-state index in [1.807, 2.05) is 24.3 Å². The second kappa shape index (κ2) is 7.98. The van der Waals surface area contributed by atoms with Crippen LogP contribution in [0, 0.1) is 5.92 Å². The summed E-state index contributed by atoms with van der Waals surface area (Å²) in [7, 11) is 1.65. The molecule has 1 atom stereocenters. The topological polar surface area (TPSA) is 44.5 Å². The van der Waals surface area contributed by atoms with Crippen LogP contribution in [-0.4, -0.2) is 19.8 Å². The molecule has 0 aliphatic rings. The highest BCUT2D eigenvalue weighted by Crippen LogP contribution is 2.25. The molecule has 1 rings (SSSR count). The Labute approximate surface area is 110 Å². The van der Waals surface area contributed by atoms with Gasteiger partial charge in [0.15, 0.2) is 11.5 Å². The molecular formula is C15H25NO2. The van der Waals surface area contributed by atoms with Crippen LogP contribution in [0.2, 0.25) is 0 Å². The van der Waals surface area contributed by atoms with E-state index in [0.717, 1.165) is 30.8 Å². The van der Waals surface area contributed by atoms with Crippen molar-refractivity contribution in [3.8, 4) is 11.5 Å². The first-order valence-electron chi connectivity index (χ1n) is 6.65. The van der Waals surface area contributed by atoms with Crippen LogP contribution in [0.25, 0.3) is 0 Å². The van der Waals surface area contributed by atoms with Gasteiger partial charge >= 0.3 is 0 Å². The third-order valence-corrected chi connectivity index (χ3v) is 2.82. The fraction of sp³-hybridized carbons (Fsp3) is 0.600. The minimum atomic E-state index is 0.284. The Bertz CT molecular complexity index is 339. The third-order valence-electron chi connectivity index (χ3n) is 2.82. The fourth-order valence-corrected chi connectivity index (χ4v) is 1.99. The molecule has 3 heteroatoms. The Balaban J connectivity index is 2.25. The van der Waals surface area contributed by atoms with Crippen LogP contribution in [0.5, 0.6) is 11.5 Å². The summed E-state index contributed by atoms with van der Waals surface area (Å²) < 4.78 is 10.9. The van der Waals surface area contributed by atoms with Gasteiger partial charge < -0.3 is 15.2 Å². The zero-order valence-electron chi connectivity index (χ0n) is 11.7. The van der Waals surface area contributed by atoms with Crippen molar-refractivity contribution in [2.75, 3.05) is 13.7 Å². The molecule has 18 heavy (non-hydrogen) atoms. The van der Waals surface area contributed by atoms with Crippen molar-refractivity contribution in [3.05, 3.63) is 24.3 Å². The first kappa shape index (κ1) is 14.8. The molecular weight excluding hydrogens is 226 g/mol. The minimum Gasteiger partial charge on any atom is -0.493 e. The van der Waals surface area contributed by atoms with Gasteiger partial charge in [-0.3, -0.25) is 0 Å². The van der Waals surface area contributed by atoms with E-state index < -0.39 is 0 Å². The van der Waals surface area contributed by atoms with Crippen LogP contribution in [0.1, 0.15) is 33.1 Å². The lowest BCUT2D eigenvalue weighted by Crippen LogP contribution is -2.22. The van der Waals surface area contributed by atoms with Gasteiger partial charge in [0.05, 0.1) is 13.7 Å². The van der Waals surface area contributed by atoms with Crippen molar-refractivity contribution in [1.82, 2.24) is 0 Å². The average Bonchev–Trinajstić information content (AvgIpc) is 2.34. The smallest absolute Gasteiger partial charge is 0.161 e. The molecule has 0 saturated heterocycles. The molecule has 0 saturated carbocycles. The number of benzene rings is 1. The lowest BCUT2D eigenvalue weighted by molar-refractivity contribution is 0.279. The molecule has 0 amide bonds. The lowest BCUT2D eigenvalue weighted by Gasteiger charge is -2.14. The van der Waals surface area contributed by atoms with Gasteiger partial charge in [-0.2, -0.15) is 0 Å². The predicted molar refractivity (Wildman–Crippen MR) is 75.2 cm³/mol. The third kappa shape index (κ3) is 5.41. The van der Waals surface area contributed by atoms with Crippen molar-refractivity contribution in [3.63, 3.8) is 0 Å². The van der Waals surface area contributed by atoms with Gasteiger partial charge in [0.25, 0.3) is 0 Å². The van der Waals surface area contributed by atoms with Gasteiger partial charge in [-0.1, -0.05) is 26.0 Å². The van der Waals surface area contributed by atoms with E-state index in [-0.39, 0.29) is 6.04 Å². The second-order valence-electron chi connectivity index (χ2n) is 5.03. The van der Waals surface area contributed by atoms with Crippen LogP contribution in [0.15, 0.2) is 24.3 Å². The number of hydrogen-bond donors (Lipinski definition) is 1. The van der Waals surface area contributed by atoms with Gasteiger partial charge in [-0.05, 0) is 37.3 Å². The standard InChI is InChI=1S/C15H25NO2/c1-12(2)11-13(16)7-6-10-18-15-9-5-4-8-14(15)17-3/h4-5,8-9,12-13H,6-7,10-11,16H2,1-3H3. The van der Waals surface area contributed by atoms with Crippen molar-refractivity contribution >= 4 is 0 Å². The normalized spacial score (nSPS) is 12.5. The highest BCUT2D eigenvalue weighted by atomic mass is 16.5. The molecule has 1 aromatic rings. The summed E-state index contributed by atoms with van der Waals surface area (Å²) in [6.07, 6.45) is 3.06. The molecule has 1 aromatic carbocycles. The molecule has 0 heterocycles. The maximum Gasteiger partial charge on any atom is 0.161 e. The van der Waals surface area contributed by atoms with Crippen molar-refractivity contribution < 1.29 is 9.47 Å². The molecule has 0 bridgehead atoms. The molecule has 2 N–H and O–H groups in total. The van der Waals surface area contributed by atoms with Gasteiger partial charge in [-0.15, -0.1) is 0 Å². The predicted octanol–water partition coefficient (Wildman–Crippen LogP) is 3.23. The Kier molecular flexibility index (Phi) is 6.58. The summed E-state index contributed by atoms with van der Waals surface area (Å²) in [6, 6.07) is 7.99. The highest BCUT2D eigenvalue weighted by Gasteiger charge is 2.06. The molecule has 0 radical (unpaired) electrons. The number of ether oxygens (including phenoxy) is 2. The van der Waals surface area contributed by atoms with E-state index in [1.165, 1.54) is 0 Å². The minimum absolute atomic E-state index is 0.284. The first-order chi connectivity index (χ1) is 8.63. The zero-order chi connectivity index (χ0) is 13.4. The summed E-state index contributed by atoms with van der Waals surface area (Å²) in [5.74, 6) is 2.25. The molecule has 3 nitrogen and oxygen atoms in total. The monoisotopic (exact) mass is 251 g/mol.